The molecule has 0 saturated carbocycles. The molecule has 1 aromatic rings. The Morgan fingerprint density at radius 1 is 1.31 bits per heavy atom. The summed E-state index contributed by atoms with van der Waals surface area (Å²) in [6, 6.07) is 0. The highest BCUT2D eigenvalue weighted by atomic mass is 32.2. The average molecular weight is 385 g/mol. The van der Waals surface area contributed by atoms with Gasteiger partial charge in [-0.1, -0.05) is 55.8 Å². The highest BCUT2D eigenvalue weighted by Gasteiger charge is 2.22. The maximum atomic E-state index is 12.8. The van der Waals surface area contributed by atoms with Crippen LogP contribution in [0, 0.1) is 0 Å². The number of carbonyl (C=O) groups is 1. The van der Waals surface area contributed by atoms with Gasteiger partial charge in [0.05, 0.1) is 15.6 Å². The molecule has 26 heavy (non-hydrogen) atoms. The predicted octanol–water partition coefficient (Wildman–Crippen LogP) is 3.81. The zero-order chi connectivity index (χ0) is 18.9. The van der Waals surface area contributed by atoms with Crippen molar-refractivity contribution in [1.29, 1.82) is 0 Å². The molecule has 0 spiro atoms. The highest BCUT2D eigenvalue weighted by molar-refractivity contribution is 8.01. The lowest BCUT2D eigenvalue weighted by Gasteiger charge is -2.29. The van der Waals surface area contributed by atoms with Crippen LogP contribution in [-0.4, -0.2) is 28.1 Å². The van der Waals surface area contributed by atoms with Crippen LogP contribution >= 0.6 is 23.1 Å². The fraction of sp³-hybridized carbons (Fsp3) is 0.238. The predicted molar refractivity (Wildman–Crippen MR) is 114 cm³/mol. The summed E-state index contributed by atoms with van der Waals surface area (Å²) in [7, 11) is 0. The second kappa shape index (κ2) is 10.1. The maximum absolute atomic E-state index is 12.8. The maximum Gasteiger partial charge on any atom is 0.237 e. The van der Waals surface area contributed by atoms with Crippen molar-refractivity contribution in [2.75, 3.05) is 12.3 Å². The molecule has 0 aliphatic carbocycles. The van der Waals surface area contributed by atoms with Gasteiger partial charge in [0.15, 0.2) is 4.34 Å². The Morgan fingerprint density at radius 3 is 2.73 bits per heavy atom. The summed E-state index contributed by atoms with van der Waals surface area (Å²) >= 11 is 3.03. The van der Waals surface area contributed by atoms with Gasteiger partial charge in [0.1, 0.15) is 0 Å². The summed E-state index contributed by atoms with van der Waals surface area (Å²) in [5.41, 5.74) is 2.10. The zero-order valence-electron chi connectivity index (χ0n) is 15.1. The number of allylic oxidation sites excluding steroid dienone is 6. The number of nitrogens with zero attached hydrogens (tertiary/aromatic N) is 2. The van der Waals surface area contributed by atoms with Crippen LogP contribution in [0.3, 0.4) is 0 Å². The van der Waals surface area contributed by atoms with Gasteiger partial charge in [-0.3, -0.25) is 4.79 Å². The van der Waals surface area contributed by atoms with Gasteiger partial charge in [-0.25, -0.2) is 4.98 Å². The number of hydrogen-bond acceptors (Lipinski definition) is 4. The molecule has 1 aliphatic rings. The summed E-state index contributed by atoms with van der Waals surface area (Å²) in [5.74, 6) is 0.459. The molecule has 0 aromatic carbocycles. The van der Waals surface area contributed by atoms with E-state index in [1.165, 1.54) is 11.8 Å². The molecule has 3 nitrogen and oxygen atoms in total. The number of carbonyl (C=O) groups excluding carboxylic acids is 1. The molecule has 0 atom stereocenters. The molecule has 0 N–H and O–H groups in total. The molecular weight excluding hydrogens is 360 g/mol. The number of aromatic nitrogens is 1. The monoisotopic (exact) mass is 384 g/mol. The van der Waals surface area contributed by atoms with Gasteiger partial charge >= 0.3 is 0 Å². The Kier molecular flexibility index (Phi) is 7.88. The second-order valence-electron chi connectivity index (χ2n) is 5.59. The van der Waals surface area contributed by atoms with Crippen molar-refractivity contribution in [3.63, 3.8) is 0 Å². The third-order valence-electron chi connectivity index (χ3n) is 3.85. The lowest BCUT2D eigenvalue weighted by molar-refractivity contribution is -0.126. The first kappa shape index (κ1) is 20.2. The SMILES string of the molecule is C=C/C=c1/nc(SCC(=O)N2CCCC(C=C)=C2/C=C\C)s/c1=C/C=C. The van der Waals surface area contributed by atoms with Crippen molar-refractivity contribution < 1.29 is 4.79 Å². The van der Waals surface area contributed by atoms with Crippen LogP contribution in [0.1, 0.15) is 19.8 Å². The van der Waals surface area contributed by atoms with E-state index >= 15 is 0 Å². The lowest BCUT2D eigenvalue weighted by atomic mass is 10.0. The molecule has 136 valence electrons. The average Bonchev–Trinajstić information content (AvgIpc) is 3.02. The smallest absolute Gasteiger partial charge is 0.237 e. The Morgan fingerprint density at radius 2 is 2.08 bits per heavy atom. The molecule has 5 heteroatoms. The minimum absolute atomic E-state index is 0.0980. The quantitative estimate of drug-likeness (QED) is 0.670. The van der Waals surface area contributed by atoms with Crippen LogP contribution < -0.4 is 9.88 Å². The molecule has 1 aromatic heterocycles. The van der Waals surface area contributed by atoms with Crippen molar-refractivity contribution in [3.8, 4) is 0 Å². The third kappa shape index (κ3) is 4.96. The van der Waals surface area contributed by atoms with Gasteiger partial charge in [0.25, 0.3) is 0 Å². The van der Waals surface area contributed by atoms with Crippen molar-refractivity contribution in [2.24, 2.45) is 0 Å². The van der Waals surface area contributed by atoms with Crippen molar-refractivity contribution >= 4 is 41.2 Å². The molecule has 1 aliphatic heterocycles. The minimum atomic E-state index is 0.0980. The molecule has 0 fully saturated rings. The molecule has 0 saturated heterocycles. The Bertz CT molecular complexity index is 837. The van der Waals surface area contributed by atoms with Crippen LogP contribution in [0.2, 0.25) is 0 Å². The van der Waals surface area contributed by atoms with Gasteiger partial charge in [0, 0.05) is 12.2 Å². The van der Waals surface area contributed by atoms with E-state index in [1.807, 2.05) is 42.2 Å². The molecule has 0 unspecified atom stereocenters. The normalized spacial score (nSPS) is 16.4. The first-order valence-electron chi connectivity index (χ1n) is 8.48. The molecular formula is C21H24N2OS2. The van der Waals surface area contributed by atoms with E-state index in [1.54, 1.807) is 23.5 Å². The van der Waals surface area contributed by atoms with Crippen molar-refractivity contribution in [3.05, 3.63) is 71.3 Å². The second-order valence-corrected chi connectivity index (χ2v) is 7.84. The van der Waals surface area contributed by atoms with Crippen molar-refractivity contribution in [2.45, 2.75) is 24.1 Å². The molecule has 0 bridgehead atoms. The molecule has 0 radical (unpaired) electrons. The fourth-order valence-corrected chi connectivity index (χ4v) is 4.68. The number of rotatable bonds is 7. The van der Waals surface area contributed by atoms with E-state index in [2.05, 4.69) is 24.7 Å². The number of thioether (sulfide) groups is 1. The summed E-state index contributed by atoms with van der Waals surface area (Å²) in [4.78, 5) is 19.2. The largest absolute Gasteiger partial charge is 0.311 e. The standard InChI is InChI=1S/C21H24N2OS2/c1-5-10-17-19(12-7-3)26-21(22-17)25-15-20(24)23-14-9-13-16(8-4)18(23)11-6-2/h5-8,10-12H,1,3-4,9,13-15H2,2H3/b11-6-,17-10+,19-12+. The van der Waals surface area contributed by atoms with Gasteiger partial charge in [-0.15, -0.1) is 11.3 Å². The Labute approximate surface area is 163 Å². The number of hydrogen-bond donors (Lipinski definition) is 0. The first-order valence-corrected chi connectivity index (χ1v) is 10.3. The third-order valence-corrected chi connectivity index (χ3v) is 6.01. The van der Waals surface area contributed by atoms with Gasteiger partial charge in [-0.2, -0.15) is 0 Å². The van der Waals surface area contributed by atoms with Crippen LogP contribution in [0.5, 0.6) is 0 Å². The summed E-state index contributed by atoms with van der Waals surface area (Å²) in [6.07, 6.45) is 15.0. The van der Waals surface area contributed by atoms with E-state index in [0.717, 1.165) is 44.9 Å². The lowest BCUT2D eigenvalue weighted by Crippen LogP contribution is -2.35. The molecule has 2 rings (SSSR count). The first-order chi connectivity index (χ1) is 12.6. The Balaban J connectivity index is 2.18. The summed E-state index contributed by atoms with van der Waals surface area (Å²) in [5, 5.41) is 0.862. The van der Waals surface area contributed by atoms with Gasteiger partial charge in [0.2, 0.25) is 5.91 Å². The number of amides is 1. The van der Waals surface area contributed by atoms with Crippen LogP contribution in [0.25, 0.3) is 12.2 Å². The minimum Gasteiger partial charge on any atom is -0.311 e. The number of thiazole rings is 1. The highest BCUT2D eigenvalue weighted by Crippen LogP contribution is 2.26. The van der Waals surface area contributed by atoms with E-state index in [9.17, 15) is 4.79 Å². The van der Waals surface area contributed by atoms with Gasteiger partial charge < -0.3 is 4.90 Å². The van der Waals surface area contributed by atoms with Crippen LogP contribution in [0.4, 0.5) is 0 Å². The van der Waals surface area contributed by atoms with E-state index in [4.69, 9.17) is 0 Å². The van der Waals surface area contributed by atoms with E-state index in [-0.39, 0.29) is 5.91 Å². The fourth-order valence-electron chi connectivity index (χ4n) is 2.71. The summed E-state index contributed by atoms with van der Waals surface area (Å²) in [6.45, 7) is 14.1. The molecule has 2 heterocycles. The summed E-state index contributed by atoms with van der Waals surface area (Å²) < 4.78 is 1.90. The Hall–Kier alpha value is -2.11. The molecule has 1 amide bonds. The van der Waals surface area contributed by atoms with Crippen LogP contribution in [0.15, 0.2) is 65.7 Å². The van der Waals surface area contributed by atoms with Crippen LogP contribution in [-0.2, 0) is 4.79 Å². The van der Waals surface area contributed by atoms with Gasteiger partial charge in [-0.05, 0) is 43.6 Å². The topological polar surface area (TPSA) is 33.2 Å². The van der Waals surface area contributed by atoms with E-state index < -0.39 is 0 Å². The van der Waals surface area contributed by atoms with Crippen molar-refractivity contribution in [1.82, 2.24) is 9.88 Å². The zero-order valence-corrected chi connectivity index (χ0v) is 16.7. The van der Waals surface area contributed by atoms with E-state index in [0.29, 0.717) is 5.75 Å².